The third-order valence-electron chi connectivity index (χ3n) is 4.92. The third kappa shape index (κ3) is 4.14. The van der Waals surface area contributed by atoms with Gasteiger partial charge < -0.3 is 10.2 Å². The van der Waals surface area contributed by atoms with E-state index in [4.69, 9.17) is 0 Å². The number of halogens is 1. The fourth-order valence-electron chi connectivity index (χ4n) is 3.59. The molecule has 2 fully saturated rings. The van der Waals surface area contributed by atoms with Gasteiger partial charge in [0.05, 0.1) is 4.90 Å². The number of nitrogens with one attached hydrogen (secondary N) is 1. The molecule has 1 atom stereocenters. The molecule has 134 valence electrons. The summed E-state index contributed by atoms with van der Waals surface area (Å²) >= 11 is 0. The van der Waals surface area contributed by atoms with Crippen LogP contribution in [0.25, 0.3) is 0 Å². The SMILES string of the molecule is O=S(=O)(c1cccc(F)c1)N(CCN1CCCC1)C1CCCNC1. The van der Waals surface area contributed by atoms with Gasteiger partial charge in [0.25, 0.3) is 0 Å². The summed E-state index contributed by atoms with van der Waals surface area (Å²) in [5.74, 6) is -0.516. The van der Waals surface area contributed by atoms with Crippen molar-refractivity contribution in [3.63, 3.8) is 0 Å². The van der Waals surface area contributed by atoms with E-state index in [0.717, 1.165) is 45.1 Å². The Morgan fingerprint density at radius 2 is 2.04 bits per heavy atom. The number of nitrogens with zero attached hydrogens (tertiary/aromatic N) is 2. The van der Waals surface area contributed by atoms with Gasteiger partial charge in [-0.1, -0.05) is 6.07 Å². The lowest BCUT2D eigenvalue weighted by Crippen LogP contribution is -2.50. The normalized spacial score (nSPS) is 23.0. The quantitative estimate of drug-likeness (QED) is 0.843. The smallest absolute Gasteiger partial charge is 0.243 e. The van der Waals surface area contributed by atoms with Gasteiger partial charge in [-0.15, -0.1) is 0 Å². The van der Waals surface area contributed by atoms with Crippen LogP contribution in [0.2, 0.25) is 0 Å². The first-order valence-corrected chi connectivity index (χ1v) is 10.2. The van der Waals surface area contributed by atoms with Crippen molar-refractivity contribution in [3.05, 3.63) is 30.1 Å². The van der Waals surface area contributed by atoms with Crippen LogP contribution < -0.4 is 5.32 Å². The largest absolute Gasteiger partial charge is 0.315 e. The molecule has 0 amide bonds. The Hall–Kier alpha value is -1.02. The van der Waals surface area contributed by atoms with Crippen LogP contribution in [0.5, 0.6) is 0 Å². The first kappa shape index (κ1) is 17.8. The molecule has 5 nitrogen and oxygen atoms in total. The minimum absolute atomic E-state index is 0.0505. The Morgan fingerprint density at radius 1 is 1.25 bits per heavy atom. The first-order valence-electron chi connectivity index (χ1n) is 8.78. The summed E-state index contributed by atoms with van der Waals surface area (Å²) in [6, 6.07) is 5.27. The summed E-state index contributed by atoms with van der Waals surface area (Å²) in [6.45, 7) is 4.87. The number of rotatable bonds is 6. The summed E-state index contributed by atoms with van der Waals surface area (Å²) in [6.07, 6.45) is 4.17. The predicted octanol–water partition coefficient (Wildman–Crippen LogP) is 1.66. The fourth-order valence-corrected chi connectivity index (χ4v) is 5.26. The van der Waals surface area contributed by atoms with Gasteiger partial charge in [0, 0.05) is 25.7 Å². The van der Waals surface area contributed by atoms with E-state index in [0.29, 0.717) is 13.1 Å². The molecule has 1 aromatic carbocycles. The summed E-state index contributed by atoms with van der Waals surface area (Å²) in [5.41, 5.74) is 0. The predicted molar refractivity (Wildman–Crippen MR) is 91.9 cm³/mol. The second-order valence-electron chi connectivity index (χ2n) is 6.62. The zero-order valence-electron chi connectivity index (χ0n) is 14.0. The highest BCUT2D eigenvalue weighted by Crippen LogP contribution is 2.22. The van der Waals surface area contributed by atoms with Crippen LogP contribution in [0.3, 0.4) is 0 Å². The van der Waals surface area contributed by atoms with Gasteiger partial charge in [0.2, 0.25) is 10.0 Å². The lowest BCUT2D eigenvalue weighted by molar-refractivity contribution is 0.231. The molecule has 1 N–H and O–H groups in total. The number of hydrogen-bond donors (Lipinski definition) is 1. The van der Waals surface area contributed by atoms with Gasteiger partial charge in [-0.2, -0.15) is 4.31 Å². The van der Waals surface area contributed by atoms with Gasteiger partial charge in [0.15, 0.2) is 0 Å². The summed E-state index contributed by atoms with van der Waals surface area (Å²) in [7, 11) is -3.69. The fraction of sp³-hybridized carbons (Fsp3) is 0.647. The monoisotopic (exact) mass is 355 g/mol. The highest BCUT2D eigenvalue weighted by molar-refractivity contribution is 7.89. The molecule has 0 saturated carbocycles. The zero-order chi connectivity index (χ0) is 17.0. The van der Waals surface area contributed by atoms with E-state index in [9.17, 15) is 12.8 Å². The molecule has 2 aliphatic heterocycles. The molecule has 0 spiro atoms. The van der Waals surface area contributed by atoms with Gasteiger partial charge >= 0.3 is 0 Å². The summed E-state index contributed by atoms with van der Waals surface area (Å²) in [5, 5.41) is 3.28. The Labute approximate surface area is 143 Å². The summed E-state index contributed by atoms with van der Waals surface area (Å²) < 4.78 is 41.3. The molecule has 2 aliphatic rings. The number of likely N-dealkylation sites (tertiary alicyclic amines) is 1. The lowest BCUT2D eigenvalue weighted by Gasteiger charge is -2.34. The average molecular weight is 355 g/mol. The number of sulfonamides is 1. The van der Waals surface area contributed by atoms with Crippen molar-refractivity contribution in [1.82, 2.24) is 14.5 Å². The average Bonchev–Trinajstić information content (AvgIpc) is 3.09. The number of piperidine rings is 1. The number of benzene rings is 1. The van der Waals surface area contributed by atoms with Crippen molar-refractivity contribution < 1.29 is 12.8 Å². The molecule has 24 heavy (non-hydrogen) atoms. The second kappa shape index (κ2) is 7.91. The van der Waals surface area contributed by atoms with Gasteiger partial charge in [-0.25, -0.2) is 12.8 Å². The molecule has 1 unspecified atom stereocenters. The van der Waals surface area contributed by atoms with Crippen LogP contribution in [0.15, 0.2) is 29.2 Å². The van der Waals surface area contributed by atoms with Crippen LogP contribution in [-0.4, -0.2) is 62.9 Å². The van der Waals surface area contributed by atoms with Crippen LogP contribution in [0.4, 0.5) is 4.39 Å². The maximum atomic E-state index is 13.5. The van der Waals surface area contributed by atoms with Crippen LogP contribution in [-0.2, 0) is 10.0 Å². The van der Waals surface area contributed by atoms with Crippen LogP contribution >= 0.6 is 0 Å². The van der Waals surface area contributed by atoms with E-state index in [-0.39, 0.29) is 10.9 Å². The molecule has 7 heteroatoms. The van der Waals surface area contributed by atoms with Crippen molar-refractivity contribution in [2.24, 2.45) is 0 Å². The Kier molecular flexibility index (Phi) is 5.86. The van der Waals surface area contributed by atoms with Crippen molar-refractivity contribution in [3.8, 4) is 0 Å². The van der Waals surface area contributed by atoms with E-state index >= 15 is 0 Å². The Bertz CT molecular complexity index is 641. The molecule has 1 aromatic rings. The molecule has 2 saturated heterocycles. The van der Waals surface area contributed by atoms with Crippen molar-refractivity contribution in [2.45, 2.75) is 36.6 Å². The van der Waals surface area contributed by atoms with Gasteiger partial charge in [-0.3, -0.25) is 0 Å². The minimum atomic E-state index is -3.69. The van der Waals surface area contributed by atoms with E-state index in [1.807, 2.05) is 0 Å². The van der Waals surface area contributed by atoms with Crippen molar-refractivity contribution >= 4 is 10.0 Å². The molecular formula is C17H26FN3O2S. The molecule has 0 aliphatic carbocycles. The molecule has 0 radical (unpaired) electrons. The van der Waals surface area contributed by atoms with E-state index < -0.39 is 15.8 Å². The maximum absolute atomic E-state index is 13.5. The highest BCUT2D eigenvalue weighted by atomic mass is 32.2. The third-order valence-corrected chi connectivity index (χ3v) is 6.86. The zero-order valence-corrected chi connectivity index (χ0v) is 14.8. The number of hydrogen-bond acceptors (Lipinski definition) is 4. The highest BCUT2D eigenvalue weighted by Gasteiger charge is 2.32. The topological polar surface area (TPSA) is 52.7 Å². The molecule has 0 bridgehead atoms. The van der Waals surface area contributed by atoms with Gasteiger partial charge in [-0.05, 0) is 63.5 Å². The Balaban J connectivity index is 1.81. The Morgan fingerprint density at radius 3 is 2.71 bits per heavy atom. The van der Waals surface area contributed by atoms with E-state index in [2.05, 4.69) is 10.2 Å². The van der Waals surface area contributed by atoms with Gasteiger partial charge in [0.1, 0.15) is 5.82 Å². The second-order valence-corrected chi connectivity index (χ2v) is 8.51. The van der Waals surface area contributed by atoms with E-state index in [1.54, 1.807) is 4.31 Å². The standard InChI is InChI=1S/C17H26FN3O2S/c18-15-5-3-7-17(13-15)24(22,23)21(16-6-4-8-19-14-16)12-11-20-9-1-2-10-20/h3,5,7,13,16,19H,1-2,4,6,8-12,14H2. The van der Waals surface area contributed by atoms with Crippen LogP contribution in [0.1, 0.15) is 25.7 Å². The molecule has 3 rings (SSSR count). The molecule has 0 aromatic heterocycles. The maximum Gasteiger partial charge on any atom is 0.243 e. The molecular weight excluding hydrogens is 329 g/mol. The van der Waals surface area contributed by atoms with Crippen molar-refractivity contribution in [2.75, 3.05) is 39.3 Å². The summed E-state index contributed by atoms with van der Waals surface area (Å²) in [4.78, 5) is 2.36. The van der Waals surface area contributed by atoms with Crippen molar-refractivity contribution in [1.29, 1.82) is 0 Å². The molecule has 2 heterocycles. The minimum Gasteiger partial charge on any atom is -0.315 e. The van der Waals surface area contributed by atoms with Crippen LogP contribution in [0, 0.1) is 5.82 Å². The first-order chi connectivity index (χ1) is 11.6. The van der Waals surface area contributed by atoms with E-state index in [1.165, 1.54) is 31.0 Å². The lowest BCUT2D eigenvalue weighted by atomic mass is 10.1.